The first-order valence-electron chi connectivity index (χ1n) is 8.15. The van der Waals surface area contributed by atoms with E-state index < -0.39 is 36.5 Å². The van der Waals surface area contributed by atoms with Crippen molar-refractivity contribution in [1.29, 1.82) is 0 Å². The molecule has 27 heavy (non-hydrogen) atoms. The van der Waals surface area contributed by atoms with Gasteiger partial charge in [-0.05, 0) is 0 Å². The maximum Gasteiger partial charge on any atom is 0.247 e. The van der Waals surface area contributed by atoms with Crippen LogP contribution in [0.15, 0.2) is 43.0 Å². The van der Waals surface area contributed by atoms with Crippen LogP contribution in [0, 0.1) is 0 Å². The lowest BCUT2D eigenvalue weighted by Crippen LogP contribution is -2.49. The number of imidazole rings is 1. The number of ether oxygens (including phenoxy) is 1. The lowest BCUT2D eigenvalue weighted by Gasteiger charge is -2.31. The molecule has 4 N–H and O–H groups in total. The van der Waals surface area contributed by atoms with Gasteiger partial charge in [0.15, 0.2) is 17.6 Å². The van der Waals surface area contributed by atoms with Crippen molar-refractivity contribution in [2.24, 2.45) is 0 Å². The molecule has 140 valence electrons. The van der Waals surface area contributed by atoms with E-state index in [0.29, 0.717) is 0 Å². The molecule has 9 nitrogen and oxygen atoms in total. The molecule has 3 aromatic rings. The van der Waals surface area contributed by atoms with Crippen molar-refractivity contribution in [1.82, 2.24) is 19.5 Å². The third kappa shape index (κ3) is 2.41. The number of fused-ring (bicyclic) bond motifs is 1. The van der Waals surface area contributed by atoms with E-state index in [1.54, 1.807) is 18.2 Å². The van der Waals surface area contributed by atoms with E-state index in [4.69, 9.17) is 10.5 Å². The zero-order chi connectivity index (χ0) is 19.2. The van der Waals surface area contributed by atoms with Gasteiger partial charge in [-0.3, -0.25) is 9.36 Å². The van der Waals surface area contributed by atoms with Crippen LogP contribution in [0.25, 0.3) is 11.2 Å². The second kappa shape index (κ2) is 6.34. The molecular weight excluding hydrogens is 357 g/mol. The predicted octanol–water partition coefficient (Wildman–Crippen LogP) is 0.0343. The number of aliphatic hydroxyl groups is 2. The smallest absolute Gasteiger partial charge is 0.247 e. The minimum absolute atomic E-state index is 0.0497. The Morgan fingerprint density at radius 1 is 1.30 bits per heavy atom. The van der Waals surface area contributed by atoms with Crippen LogP contribution in [0.1, 0.15) is 10.4 Å². The van der Waals surface area contributed by atoms with Gasteiger partial charge in [0.05, 0.1) is 6.61 Å². The SMILES string of the molecule is Nc1ncnc2c1ncn2[C@]1(C(=O)c2ccccc2)O[C@H](CO)[C@@H](O)C1F. The van der Waals surface area contributed by atoms with E-state index in [2.05, 4.69) is 15.0 Å². The summed E-state index contributed by atoms with van der Waals surface area (Å²) in [7, 11) is 0. The summed E-state index contributed by atoms with van der Waals surface area (Å²) >= 11 is 0. The molecular formula is C17H16FN5O4. The highest BCUT2D eigenvalue weighted by Crippen LogP contribution is 2.42. The summed E-state index contributed by atoms with van der Waals surface area (Å²) in [4.78, 5) is 25.3. The van der Waals surface area contributed by atoms with Gasteiger partial charge in [-0.2, -0.15) is 0 Å². The first kappa shape index (κ1) is 17.5. The number of aromatic nitrogens is 4. The summed E-state index contributed by atoms with van der Waals surface area (Å²) in [6, 6.07) is 7.95. The number of Topliss-reactive ketones (excluding diaryl/α,β-unsaturated/α-hetero) is 1. The number of nitrogen functional groups attached to an aromatic ring is 1. The van der Waals surface area contributed by atoms with E-state index in [-0.39, 0.29) is 22.5 Å². The fourth-order valence-electron chi connectivity index (χ4n) is 3.30. The Morgan fingerprint density at radius 2 is 2.04 bits per heavy atom. The Balaban J connectivity index is 1.97. The largest absolute Gasteiger partial charge is 0.394 e. The molecule has 1 fully saturated rings. The lowest BCUT2D eigenvalue weighted by atomic mass is 9.94. The maximum absolute atomic E-state index is 15.4. The van der Waals surface area contributed by atoms with E-state index in [9.17, 15) is 15.0 Å². The highest BCUT2D eigenvalue weighted by Gasteiger charge is 2.62. The van der Waals surface area contributed by atoms with Gasteiger partial charge in [-0.25, -0.2) is 19.3 Å². The average Bonchev–Trinajstić information content (AvgIpc) is 3.24. The molecule has 4 atom stereocenters. The van der Waals surface area contributed by atoms with Crippen LogP contribution in [0.4, 0.5) is 10.2 Å². The minimum atomic E-state index is -2.30. The molecule has 1 aromatic carbocycles. The van der Waals surface area contributed by atoms with Crippen LogP contribution in [-0.4, -0.2) is 60.5 Å². The predicted molar refractivity (Wildman–Crippen MR) is 91.3 cm³/mol. The van der Waals surface area contributed by atoms with Crippen LogP contribution in [0.2, 0.25) is 0 Å². The van der Waals surface area contributed by atoms with E-state index in [1.807, 2.05) is 0 Å². The number of hydrogen-bond donors (Lipinski definition) is 3. The van der Waals surface area contributed by atoms with Gasteiger partial charge in [0.25, 0.3) is 0 Å². The molecule has 3 heterocycles. The lowest BCUT2D eigenvalue weighted by molar-refractivity contribution is -0.101. The van der Waals surface area contributed by atoms with Crippen LogP contribution >= 0.6 is 0 Å². The molecule has 1 saturated heterocycles. The monoisotopic (exact) mass is 373 g/mol. The van der Waals surface area contributed by atoms with Crippen LogP contribution in [-0.2, 0) is 10.5 Å². The van der Waals surface area contributed by atoms with Gasteiger partial charge >= 0.3 is 0 Å². The third-order valence-electron chi connectivity index (χ3n) is 4.65. The molecule has 1 aliphatic rings. The normalized spacial score (nSPS) is 27.9. The molecule has 0 spiro atoms. The van der Waals surface area contributed by atoms with Crippen LogP contribution in [0.5, 0.6) is 0 Å². The summed E-state index contributed by atoms with van der Waals surface area (Å²) in [5.74, 6) is -0.698. The van der Waals surface area contributed by atoms with Crippen molar-refractivity contribution in [2.45, 2.75) is 24.1 Å². The quantitative estimate of drug-likeness (QED) is 0.545. The summed E-state index contributed by atoms with van der Waals surface area (Å²) in [5.41, 5.74) is 3.87. The topological polar surface area (TPSA) is 136 Å². The van der Waals surface area contributed by atoms with Gasteiger partial charge in [-0.1, -0.05) is 30.3 Å². The Bertz CT molecular complexity index is 997. The highest BCUT2D eigenvalue weighted by molar-refractivity contribution is 6.02. The van der Waals surface area contributed by atoms with Crippen molar-refractivity contribution >= 4 is 22.8 Å². The Labute approximate surface area is 152 Å². The minimum Gasteiger partial charge on any atom is -0.394 e. The molecule has 0 amide bonds. The number of nitrogens with zero attached hydrogens (tertiary/aromatic N) is 4. The molecule has 4 rings (SSSR count). The number of halogens is 1. The fourth-order valence-corrected chi connectivity index (χ4v) is 3.30. The molecule has 0 bridgehead atoms. The zero-order valence-electron chi connectivity index (χ0n) is 13.9. The van der Waals surface area contributed by atoms with Gasteiger partial charge in [0, 0.05) is 5.56 Å². The fraction of sp³-hybridized carbons (Fsp3) is 0.294. The second-order valence-electron chi connectivity index (χ2n) is 6.17. The molecule has 2 aromatic heterocycles. The highest BCUT2D eigenvalue weighted by atomic mass is 19.1. The molecule has 1 unspecified atom stereocenters. The van der Waals surface area contributed by atoms with Crippen molar-refractivity contribution in [3.05, 3.63) is 48.5 Å². The zero-order valence-corrected chi connectivity index (χ0v) is 13.9. The Hall–Kier alpha value is -2.95. The first-order valence-corrected chi connectivity index (χ1v) is 8.15. The summed E-state index contributed by atoms with van der Waals surface area (Å²) in [6.07, 6.45) is -2.89. The van der Waals surface area contributed by atoms with Gasteiger partial charge in [-0.15, -0.1) is 0 Å². The number of carbonyl (C=O) groups excluding carboxylic acids is 1. The molecule has 1 aliphatic heterocycles. The van der Waals surface area contributed by atoms with Crippen molar-refractivity contribution in [2.75, 3.05) is 12.3 Å². The Morgan fingerprint density at radius 3 is 2.70 bits per heavy atom. The van der Waals surface area contributed by atoms with E-state index in [1.165, 1.54) is 12.1 Å². The molecule has 0 radical (unpaired) electrons. The molecule has 0 aliphatic carbocycles. The van der Waals surface area contributed by atoms with Gasteiger partial charge < -0.3 is 20.7 Å². The van der Waals surface area contributed by atoms with Crippen molar-refractivity contribution < 1.29 is 24.1 Å². The molecule has 10 heteroatoms. The number of anilines is 1. The molecule has 0 saturated carbocycles. The number of benzene rings is 1. The summed E-state index contributed by atoms with van der Waals surface area (Å²) in [5, 5.41) is 19.7. The van der Waals surface area contributed by atoms with Crippen LogP contribution in [0.3, 0.4) is 0 Å². The number of alkyl halides is 1. The number of nitrogens with two attached hydrogens (primary N) is 1. The summed E-state index contributed by atoms with van der Waals surface area (Å²) < 4.78 is 22.1. The van der Waals surface area contributed by atoms with E-state index >= 15 is 4.39 Å². The third-order valence-corrected chi connectivity index (χ3v) is 4.65. The summed E-state index contributed by atoms with van der Waals surface area (Å²) in [6.45, 7) is -0.671. The number of aliphatic hydroxyl groups excluding tert-OH is 2. The number of rotatable bonds is 4. The first-order chi connectivity index (χ1) is 13.0. The standard InChI is InChI=1S/C17H16FN5O4/c18-13-12(25)10(6-24)27-17(13,14(26)9-4-2-1-3-5-9)23-8-22-11-15(19)20-7-21-16(11)23/h1-5,7-8,10,12-13,24-25H,6H2,(H2,19,20,21)/t10-,12-,13?,17+/m1/s1. The van der Waals surface area contributed by atoms with Crippen LogP contribution < -0.4 is 5.73 Å². The average molecular weight is 373 g/mol. The van der Waals surface area contributed by atoms with Gasteiger partial charge in [0.1, 0.15) is 30.4 Å². The number of ketones is 1. The van der Waals surface area contributed by atoms with Gasteiger partial charge in [0.2, 0.25) is 11.5 Å². The maximum atomic E-state index is 15.4. The number of hydrogen-bond acceptors (Lipinski definition) is 8. The van der Waals surface area contributed by atoms with Crippen molar-refractivity contribution in [3.8, 4) is 0 Å². The number of carbonyl (C=O) groups is 1. The van der Waals surface area contributed by atoms with E-state index in [0.717, 1.165) is 17.2 Å². The van der Waals surface area contributed by atoms with Crippen molar-refractivity contribution in [3.63, 3.8) is 0 Å². The Kier molecular flexibility index (Phi) is 4.10. The second-order valence-corrected chi connectivity index (χ2v) is 6.17.